The van der Waals surface area contributed by atoms with E-state index in [9.17, 15) is 4.79 Å². The highest BCUT2D eigenvalue weighted by Gasteiger charge is 2.28. The van der Waals surface area contributed by atoms with Crippen molar-refractivity contribution in [3.8, 4) is 0 Å². The summed E-state index contributed by atoms with van der Waals surface area (Å²) >= 11 is 1.64. The first kappa shape index (κ1) is 17.5. The van der Waals surface area contributed by atoms with Crippen molar-refractivity contribution >= 4 is 17.7 Å². The van der Waals surface area contributed by atoms with Crippen molar-refractivity contribution in [3.05, 3.63) is 41.5 Å². The van der Waals surface area contributed by atoms with Crippen LogP contribution in [0.1, 0.15) is 36.0 Å². The Kier molecular flexibility index (Phi) is 5.26. The molecule has 1 aromatic heterocycles. The molecule has 0 radical (unpaired) electrons. The number of likely N-dealkylation sites (tertiary alicyclic amines) is 1. The Morgan fingerprint density at radius 3 is 2.85 bits per heavy atom. The van der Waals surface area contributed by atoms with Crippen molar-refractivity contribution in [2.24, 2.45) is 0 Å². The van der Waals surface area contributed by atoms with Gasteiger partial charge in [-0.2, -0.15) is 0 Å². The van der Waals surface area contributed by atoms with Crippen LogP contribution in [0.5, 0.6) is 0 Å². The number of piperidine rings is 1. The summed E-state index contributed by atoms with van der Waals surface area (Å²) in [5, 5.41) is 12.1. The second-order valence-corrected chi connectivity index (χ2v) is 8.03. The molecule has 26 heavy (non-hydrogen) atoms. The van der Waals surface area contributed by atoms with Gasteiger partial charge in [-0.3, -0.25) is 4.79 Å². The fourth-order valence-corrected chi connectivity index (χ4v) is 4.68. The number of amides is 1. The molecule has 0 spiro atoms. The maximum Gasteiger partial charge on any atom is 0.232 e. The lowest BCUT2D eigenvalue weighted by Crippen LogP contribution is -2.39. The Morgan fingerprint density at radius 1 is 1.23 bits per heavy atom. The third-order valence-electron chi connectivity index (χ3n) is 5.31. The summed E-state index contributed by atoms with van der Waals surface area (Å²) in [6.45, 7) is 6.46. The first-order valence-corrected chi connectivity index (χ1v) is 10.3. The smallest absolute Gasteiger partial charge is 0.232 e. The molecule has 1 N–H and O–H groups in total. The molecule has 0 aliphatic carbocycles. The van der Waals surface area contributed by atoms with Crippen LogP contribution in [-0.4, -0.2) is 51.0 Å². The summed E-state index contributed by atoms with van der Waals surface area (Å²) in [5.41, 5.74) is 1.23. The molecule has 7 heteroatoms. The third-order valence-corrected chi connectivity index (χ3v) is 6.47. The van der Waals surface area contributed by atoms with Crippen molar-refractivity contribution in [1.82, 2.24) is 25.0 Å². The van der Waals surface area contributed by atoms with Crippen LogP contribution in [0.4, 0.5) is 0 Å². The molecule has 0 saturated carbocycles. The summed E-state index contributed by atoms with van der Waals surface area (Å²) in [5.74, 6) is 3.33. The number of hydrogen-bond acceptors (Lipinski definition) is 5. The van der Waals surface area contributed by atoms with Gasteiger partial charge in [0.25, 0.3) is 0 Å². The summed E-state index contributed by atoms with van der Waals surface area (Å²) in [7, 11) is 0. The van der Waals surface area contributed by atoms with Crippen molar-refractivity contribution in [3.63, 3.8) is 0 Å². The Balaban J connectivity index is 1.31. The van der Waals surface area contributed by atoms with Crippen LogP contribution in [-0.2, 0) is 17.9 Å². The predicted octanol–water partition coefficient (Wildman–Crippen LogP) is 2.19. The van der Waals surface area contributed by atoms with E-state index in [0.717, 1.165) is 57.2 Å². The van der Waals surface area contributed by atoms with Gasteiger partial charge in [0.05, 0.1) is 12.3 Å². The quantitative estimate of drug-likeness (QED) is 0.835. The number of aryl methyl sites for hydroxylation is 1. The molecule has 1 aromatic carbocycles. The van der Waals surface area contributed by atoms with E-state index in [2.05, 4.69) is 39.1 Å². The van der Waals surface area contributed by atoms with Crippen LogP contribution in [0.2, 0.25) is 0 Å². The fraction of sp³-hybridized carbons (Fsp3) is 0.526. The summed E-state index contributed by atoms with van der Waals surface area (Å²) in [6, 6.07) is 8.24. The number of fused-ring (bicyclic) bond motifs is 1. The Labute approximate surface area is 158 Å². The molecule has 1 fully saturated rings. The standard InChI is InChI=1S/C19H25N5OS/c1-14-4-2-3-5-16(14)26-13-18(25)23-9-6-15(7-10-23)19-22-21-17-12-20-8-11-24(17)19/h2-5,15,20H,6-13H2,1H3. The van der Waals surface area contributed by atoms with Crippen LogP contribution >= 0.6 is 11.8 Å². The number of thioether (sulfide) groups is 1. The molecule has 138 valence electrons. The second kappa shape index (κ2) is 7.80. The summed E-state index contributed by atoms with van der Waals surface area (Å²) in [6.07, 6.45) is 1.96. The van der Waals surface area contributed by atoms with Crippen molar-refractivity contribution in [2.75, 3.05) is 25.4 Å². The van der Waals surface area contributed by atoms with E-state index in [4.69, 9.17) is 0 Å². The van der Waals surface area contributed by atoms with E-state index in [1.807, 2.05) is 17.0 Å². The van der Waals surface area contributed by atoms with E-state index in [1.165, 1.54) is 10.5 Å². The number of rotatable bonds is 4. The Bertz CT molecular complexity index is 782. The van der Waals surface area contributed by atoms with Gasteiger partial charge in [-0.25, -0.2) is 0 Å². The normalized spacial score (nSPS) is 18.0. The highest BCUT2D eigenvalue weighted by molar-refractivity contribution is 8.00. The number of benzene rings is 1. The van der Waals surface area contributed by atoms with Gasteiger partial charge in [0.2, 0.25) is 5.91 Å². The van der Waals surface area contributed by atoms with Crippen LogP contribution in [0.15, 0.2) is 29.2 Å². The highest BCUT2D eigenvalue weighted by atomic mass is 32.2. The van der Waals surface area contributed by atoms with Crippen LogP contribution in [0, 0.1) is 6.92 Å². The van der Waals surface area contributed by atoms with E-state index in [-0.39, 0.29) is 5.91 Å². The van der Waals surface area contributed by atoms with Gasteiger partial charge < -0.3 is 14.8 Å². The lowest BCUT2D eigenvalue weighted by atomic mass is 9.95. The molecule has 1 amide bonds. The lowest BCUT2D eigenvalue weighted by molar-refractivity contribution is -0.129. The molecule has 4 rings (SSSR count). The number of nitrogens with zero attached hydrogens (tertiary/aromatic N) is 4. The maximum atomic E-state index is 12.6. The minimum atomic E-state index is 0.240. The number of carbonyl (C=O) groups is 1. The molecule has 2 aliphatic heterocycles. The second-order valence-electron chi connectivity index (χ2n) is 7.01. The van der Waals surface area contributed by atoms with E-state index in [1.54, 1.807) is 11.8 Å². The zero-order valence-corrected chi connectivity index (χ0v) is 16.0. The fourth-order valence-electron chi connectivity index (χ4n) is 3.75. The van der Waals surface area contributed by atoms with E-state index in [0.29, 0.717) is 11.7 Å². The van der Waals surface area contributed by atoms with Gasteiger partial charge in [0.15, 0.2) is 0 Å². The largest absolute Gasteiger partial charge is 0.342 e. The zero-order valence-electron chi connectivity index (χ0n) is 15.1. The third kappa shape index (κ3) is 3.64. The monoisotopic (exact) mass is 371 g/mol. The van der Waals surface area contributed by atoms with Crippen LogP contribution in [0.25, 0.3) is 0 Å². The Morgan fingerprint density at radius 2 is 2.04 bits per heavy atom. The molecule has 0 atom stereocenters. The molecule has 3 heterocycles. The van der Waals surface area contributed by atoms with Gasteiger partial charge in [0.1, 0.15) is 11.6 Å². The van der Waals surface area contributed by atoms with Gasteiger partial charge in [-0.1, -0.05) is 18.2 Å². The van der Waals surface area contributed by atoms with Crippen LogP contribution in [0.3, 0.4) is 0 Å². The number of hydrogen-bond donors (Lipinski definition) is 1. The average molecular weight is 372 g/mol. The Hall–Kier alpha value is -1.86. The van der Waals surface area contributed by atoms with Gasteiger partial charge in [0, 0.05) is 37.0 Å². The first-order valence-electron chi connectivity index (χ1n) is 9.31. The molecule has 6 nitrogen and oxygen atoms in total. The molecular weight excluding hydrogens is 346 g/mol. The van der Waals surface area contributed by atoms with Crippen molar-refractivity contribution in [1.29, 1.82) is 0 Å². The average Bonchev–Trinajstić information content (AvgIpc) is 3.11. The van der Waals surface area contributed by atoms with Gasteiger partial charge in [-0.15, -0.1) is 22.0 Å². The van der Waals surface area contributed by atoms with E-state index >= 15 is 0 Å². The first-order chi connectivity index (χ1) is 12.7. The SMILES string of the molecule is Cc1ccccc1SCC(=O)N1CCC(c2nnc3n2CCNC3)CC1. The van der Waals surface area contributed by atoms with Gasteiger partial charge in [-0.05, 0) is 31.4 Å². The molecule has 1 saturated heterocycles. The molecule has 2 aromatic rings. The van der Waals surface area contributed by atoms with Crippen LogP contribution < -0.4 is 5.32 Å². The molecular formula is C19H25N5OS. The zero-order chi connectivity index (χ0) is 17.9. The molecule has 0 bridgehead atoms. The topological polar surface area (TPSA) is 63.1 Å². The summed E-state index contributed by atoms with van der Waals surface area (Å²) < 4.78 is 2.27. The predicted molar refractivity (Wildman–Crippen MR) is 102 cm³/mol. The minimum Gasteiger partial charge on any atom is -0.342 e. The van der Waals surface area contributed by atoms with Crippen molar-refractivity contribution < 1.29 is 4.79 Å². The molecule has 2 aliphatic rings. The number of aromatic nitrogens is 3. The minimum absolute atomic E-state index is 0.240. The number of nitrogens with one attached hydrogen (secondary N) is 1. The van der Waals surface area contributed by atoms with E-state index < -0.39 is 0 Å². The number of carbonyl (C=O) groups excluding carboxylic acids is 1. The summed E-state index contributed by atoms with van der Waals surface area (Å²) in [4.78, 5) is 15.8. The van der Waals surface area contributed by atoms with Crippen molar-refractivity contribution in [2.45, 2.75) is 43.7 Å². The highest BCUT2D eigenvalue weighted by Crippen LogP contribution is 2.29. The lowest BCUT2D eigenvalue weighted by Gasteiger charge is -2.32. The maximum absolute atomic E-state index is 12.6. The van der Waals surface area contributed by atoms with Gasteiger partial charge >= 0.3 is 0 Å². The molecule has 0 unspecified atom stereocenters.